The van der Waals surface area contributed by atoms with Gasteiger partial charge in [0.2, 0.25) is 0 Å². The van der Waals surface area contributed by atoms with Gasteiger partial charge in [0.15, 0.2) is 0 Å². The number of ether oxygens (including phenoxy) is 1. The molecule has 1 aliphatic heterocycles. The fraction of sp³-hybridized carbons (Fsp3) is 1.00. The van der Waals surface area contributed by atoms with Gasteiger partial charge in [0.1, 0.15) is 0 Å². The molecule has 3 rings (SSSR count). The van der Waals surface area contributed by atoms with E-state index in [1.54, 1.807) is 0 Å². The monoisotopic (exact) mass is 400 g/mol. The molecule has 1 heterocycles. The van der Waals surface area contributed by atoms with Crippen LogP contribution in [-0.2, 0) is 4.74 Å². The number of hydrogen-bond donors (Lipinski definition) is 3. The van der Waals surface area contributed by atoms with Gasteiger partial charge in [-0.05, 0) is 105 Å². The Morgan fingerprint density at radius 2 is 1.48 bits per heavy atom. The first-order valence-corrected chi connectivity index (χ1v) is 11.2. The number of rotatable bonds is 4. The van der Waals surface area contributed by atoms with Gasteiger partial charge in [-0.2, -0.15) is 0 Å². The Morgan fingerprint density at radius 3 is 2.00 bits per heavy atom. The van der Waals surface area contributed by atoms with Crippen LogP contribution in [0.1, 0.15) is 73.1 Å². The van der Waals surface area contributed by atoms with E-state index in [1.165, 1.54) is 0 Å². The van der Waals surface area contributed by atoms with Crippen molar-refractivity contribution in [1.29, 1.82) is 0 Å². The van der Waals surface area contributed by atoms with Crippen LogP contribution in [0.15, 0.2) is 0 Å². The van der Waals surface area contributed by atoms with Gasteiger partial charge in [0.25, 0.3) is 0 Å². The highest BCUT2D eigenvalue weighted by atomic mass is 35.5. The molecule has 0 bridgehead atoms. The van der Waals surface area contributed by atoms with Crippen molar-refractivity contribution in [2.45, 2.75) is 107 Å². The third-order valence-electron chi connectivity index (χ3n) is 8.72. The summed E-state index contributed by atoms with van der Waals surface area (Å²) in [7, 11) is 4.06. The van der Waals surface area contributed by atoms with Crippen molar-refractivity contribution >= 4 is 11.6 Å². The predicted molar refractivity (Wildman–Crippen MR) is 112 cm³/mol. The maximum Gasteiger partial charge on any atom is 0.0769 e. The zero-order valence-corrected chi connectivity index (χ0v) is 19.1. The van der Waals surface area contributed by atoms with Crippen LogP contribution >= 0.6 is 11.6 Å². The normalized spacial score (nSPS) is 51.2. The van der Waals surface area contributed by atoms with E-state index in [2.05, 4.69) is 52.3 Å². The number of alkyl halides is 1. The highest BCUT2D eigenvalue weighted by molar-refractivity contribution is 6.23. The smallest absolute Gasteiger partial charge is 0.0769 e. The topological polar surface area (TPSA) is 53.5 Å². The molecule has 3 N–H and O–H groups in total. The van der Waals surface area contributed by atoms with E-state index in [0.717, 1.165) is 38.5 Å². The summed E-state index contributed by atoms with van der Waals surface area (Å²) < 4.78 is 6.67. The van der Waals surface area contributed by atoms with Crippen LogP contribution in [0.25, 0.3) is 0 Å². The molecule has 0 aromatic heterocycles. The van der Waals surface area contributed by atoms with Crippen LogP contribution in [0.4, 0.5) is 0 Å². The highest BCUT2D eigenvalue weighted by Crippen LogP contribution is 2.57. The van der Waals surface area contributed by atoms with Crippen molar-refractivity contribution in [3.05, 3.63) is 0 Å². The van der Waals surface area contributed by atoms with Gasteiger partial charge >= 0.3 is 0 Å². The maximum atomic E-state index is 11.6. The van der Waals surface area contributed by atoms with Crippen molar-refractivity contribution in [3.8, 4) is 0 Å². The van der Waals surface area contributed by atoms with Crippen molar-refractivity contribution < 1.29 is 9.84 Å². The number of halogens is 1. The average molecular weight is 401 g/mol. The van der Waals surface area contributed by atoms with Gasteiger partial charge in [0.05, 0.1) is 22.7 Å². The lowest BCUT2D eigenvalue weighted by molar-refractivity contribution is -0.170. The summed E-state index contributed by atoms with van der Waals surface area (Å²) >= 11 is 6.61. The summed E-state index contributed by atoms with van der Waals surface area (Å²) in [5.41, 5.74) is -0.356. The molecule has 2 saturated carbocycles. The first-order valence-electron chi connectivity index (χ1n) is 10.8. The van der Waals surface area contributed by atoms with Crippen LogP contribution < -0.4 is 10.6 Å². The molecule has 5 heteroatoms. The van der Waals surface area contributed by atoms with E-state index in [4.69, 9.17) is 16.3 Å². The SMILES string of the molecule is CNC1(C)CCC2C(C1O)C(C1(C)CCC(C(C)(C)Cl)O1)CCC2(C)NC. The minimum absolute atomic E-state index is 0.0802. The van der Waals surface area contributed by atoms with E-state index in [1.807, 2.05) is 7.05 Å². The summed E-state index contributed by atoms with van der Waals surface area (Å²) in [6.45, 7) is 10.9. The Balaban J connectivity index is 1.94. The Bertz CT molecular complexity index is 553. The van der Waals surface area contributed by atoms with Crippen LogP contribution in [0.2, 0.25) is 0 Å². The molecular formula is C22H41ClN2O2. The quantitative estimate of drug-likeness (QED) is 0.630. The minimum Gasteiger partial charge on any atom is -0.391 e. The standard InChI is InChI=1S/C22H41ClN2O2/c1-19(2,23)16-10-13-22(5,27-16)15-9-11-20(3,24-6)14-8-12-21(4,25-7)18(26)17(14)15/h14-18,24-26H,8-13H2,1-7H3. The summed E-state index contributed by atoms with van der Waals surface area (Å²) in [6.07, 6.45) is 6.09. The molecule has 0 aromatic rings. The molecule has 158 valence electrons. The van der Waals surface area contributed by atoms with Gasteiger partial charge in [0, 0.05) is 11.1 Å². The fourth-order valence-corrected chi connectivity index (χ4v) is 6.58. The molecule has 0 radical (unpaired) electrons. The fourth-order valence-electron chi connectivity index (χ4n) is 6.43. The van der Waals surface area contributed by atoms with Crippen molar-refractivity contribution in [2.75, 3.05) is 14.1 Å². The molecule has 2 aliphatic carbocycles. The molecule has 4 nitrogen and oxygen atoms in total. The lowest BCUT2D eigenvalue weighted by atomic mass is 9.51. The largest absolute Gasteiger partial charge is 0.391 e. The highest BCUT2D eigenvalue weighted by Gasteiger charge is 2.60. The summed E-state index contributed by atoms with van der Waals surface area (Å²) in [6, 6.07) is 0. The Labute approximate surface area is 171 Å². The van der Waals surface area contributed by atoms with E-state index < -0.39 is 0 Å². The zero-order valence-electron chi connectivity index (χ0n) is 18.4. The van der Waals surface area contributed by atoms with Crippen molar-refractivity contribution in [2.24, 2.45) is 17.8 Å². The average Bonchev–Trinajstić information content (AvgIpc) is 3.02. The Morgan fingerprint density at radius 1 is 0.926 bits per heavy atom. The third kappa shape index (κ3) is 3.59. The van der Waals surface area contributed by atoms with Crippen LogP contribution in [0.3, 0.4) is 0 Å². The van der Waals surface area contributed by atoms with E-state index >= 15 is 0 Å². The summed E-state index contributed by atoms with van der Waals surface area (Å²) in [5.74, 6) is 1.04. The molecule has 0 spiro atoms. The second-order valence-electron chi connectivity index (χ2n) is 10.7. The third-order valence-corrected chi connectivity index (χ3v) is 8.96. The summed E-state index contributed by atoms with van der Waals surface area (Å²) in [5, 5.41) is 18.6. The first-order chi connectivity index (χ1) is 12.4. The van der Waals surface area contributed by atoms with Crippen molar-refractivity contribution in [1.82, 2.24) is 10.6 Å². The Kier molecular flexibility index (Phi) is 5.76. The second-order valence-corrected chi connectivity index (χ2v) is 11.6. The predicted octanol–water partition coefficient (Wildman–Crippen LogP) is 3.69. The molecule has 3 aliphatic rings. The lowest BCUT2D eigenvalue weighted by Gasteiger charge is -2.60. The van der Waals surface area contributed by atoms with E-state index in [9.17, 15) is 5.11 Å². The zero-order chi connectivity index (χ0) is 20.3. The van der Waals surface area contributed by atoms with Crippen LogP contribution in [-0.4, -0.2) is 53.0 Å². The van der Waals surface area contributed by atoms with E-state index in [0.29, 0.717) is 11.8 Å². The lowest BCUT2D eigenvalue weighted by Crippen LogP contribution is -2.68. The Hall–Kier alpha value is 0.130. The summed E-state index contributed by atoms with van der Waals surface area (Å²) in [4.78, 5) is -0.351. The molecule has 3 fully saturated rings. The number of hydrogen-bond acceptors (Lipinski definition) is 4. The molecule has 0 amide bonds. The molecule has 1 saturated heterocycles. The minimum atomic E-state index is -0.372. The number of nitrogens with one attached hydrogen (secondary N) is 2. The van der Waals surface area contributed by atoms with Gasteiger partial charge in [-0.3, -0.25) is 0 Å². The van der Waals surface area contributed by atoms with E-state index in [-0.39, 0.29) is 39.7 Å². The van der Waals surface area contributed by atoms with Crippen LogP contribution in [0.5, 0.6) is 0 Å². The number of aliphatic hydroxyl groups is 1. The molecule has 8 atom stereocenters. The molecule has 27 heavy (non-hydrogen) atoms. The first kappa shape index (κ1) is 21.8. The maximum absolute atomic E-state index is 11.6. The van der Waals surface area contributed by atoms with Gasteiger partial charge in [-0.25, -0.2) is 0 Å². The van der Waals surface area contributed by atoms with Gasteiger partial charge in [-0.1, -0.05) is 0 Å². The number of fused-ring (bicyclic) bond motifs is 1. The second kappa shape index (κ2) is 7.12. The van der Waals surface area contributed by atoms with Crippen LogP contribution in [0, 0.1) is 17.8 Å². The molecular weight excluding hydrogens is 360 g/mol. The van der Waals surface area contributed by atoms with Gasteiger partial charge < -0.3 is 20.5 Å². The molecule has 0 aromatic carbocycles. The number of aliphatic hydroxyl groups excluding tert-OH is 1. The molecule has 8 unspecified atom stereocenters. The number of likely N-dealkylation sites (N-methyl/N-ethyl adjacent to an activating group) is 1. The van der Waals surface area contributed by atoms with Gasteiger partial charge in [-0.15, -0.1) is 11.6 Å². The van der Waals surface area contributed by atoms with Crippen molar-refractivity contribution in [3.63, 3.8) is 0 Å².